The summed E-state index contributed by atoms with van der Waals surface area (Å²) < 4.78 is 11.1. The molecule has 35 heavy (non-hydrogen) atoms. The van der Waals surface area contributed by atoms with Gasteiger partial charge in [-0.15, -0.1) is 11.3 Å². The van der Waals surface area contributed by atoms with Gasteiger partial charge in [0.1, 0.15) is 18.9 Å². The normalized spacial score (nSPS) is 18.1. The maximum atomic E-state index is 12.7. The number of carbonyl (C=O) groups is 2. The lowest BCUT2D eigenvalue weighted by molar-refractivity contribution is 0.102. The summed E-state index contributed by atoms with van der Waals surface area (Å²) in [5.74, 6) is 1.35. The first-order valence-electron chi connectivity index (χ1n) is 12.5. The van der Waals surface area contributed by atoms with Gasteiger partial charge in [-0.1, -0.05) is 11.6 Å². The molecule has 186 valence electrons. The van der Waals surface area contributed by atoms with E-state index in [-0.39, 0.29) is 17.9 Å². The molecule has 0 saturated carbocycles. The van der Waals surface area contributed by atoms with Crippen molar-refractivity contribution < 1.29 is 19.1 Å². The van der Waals surface area contributed by atoms with Crippen LogP contribution in [0, 0.1) is 0 Å². The molecule has 1 saturated heterocycles. The molecule has 3 amide bonds. The number of hydrogen-bond donors (Lipinski definition) is 2. The lowest BCUT2D eigenvalue weighted by Gasteiger charge is -2.31. The average Bonchev–Trinajstić information content (AvgIpc) is 3.40. The molecule has 3 heterocycles. The van der Waals surface area contributed by atoms with Crippen LogP contribution in [0.2, 0.25) is 0 Å². The van der Waals surface area contributed by atoms with Crippen LogP contribution in [0.25, 0.3) is 0 Å². The molecule has 0 spiro atoms. The van der Waals surface area contributed by atoms with Crippen LogP contribution in [0.4, 0.5) is 10.5 Å². The second kappa shape index (κ2) is 11.1. The summed E-state index contributed by atoms with van der Waals surface area (Å²) in [7, 11) is 0. The van der Waals surface area contributed by atoms with E-state index in [4.69, 9.17) is 9.47 Å². The van der Waals surface area contributed by atoms with Crippen molar-refractivity contribution in [2.75, 3.05) is 38.2 Å². The van der Waals surface area contributed by atoms with E-state index in [2.05, 4.69) is 21.7 Å². The number of fused-ring (bicyclic) bond motifs is 1. The number of rotatable bonds is 6. The standard InChI is InChI=1S/C26H32N4O4S/c31-24(28-20-6-7-22-23(16-20)34-15-14-33-22)21-17-35-25(29-21)19-9-12-30(13-10-19)26(32)27-11-8-18-4-2-1-3-5-18/h4,6-7,16-17,19H,1-3,5,8-15H2,(H,27,32)(H,28,31). The summed E-state index contributed by atoms with van der Waals surface area (Å²) in [4.78, 5) is 31.8. The predicted octanol–water partition coefficient (Wildman–Crippen LogP) is 4.95. The third-order valence-electron chi connectivity index (χ3n) is 6.79. The van der Waals surface area contributed by atoms with Gasteiger partial charge in [0.25, 0.3) is 5.91 Å². The Balaban J connectivity index is 1.08. The predicted molar refractivity (Wildman–Crippen MR) is 136 cm³/mol. The average molecular weight is 497 g/mol. The SMILES string of the molecule is O=C(Nc1ccc2c(c1)OCCO2)c1csc(C2CCN(C(=O)NCCC3=CCCCC3)CC2)n1. The molecule has 2 N–H and O–H groups in total. The Morgan fingerprint density at radius 3 is 2.74 bits per heavy atom. The number of piperidine rings is 1. The van der Waals surface area contributed by atoms with E-state index in [1.54, 1.807) is 18.2 Å². The molecule has 1 aromatic heterocycles. The Morgan fingerprint density at radius 1 is 1.11 bits per heavy atom. The van der Waals surface area contributed by atoms with Crippen LogP contribution >= 0.6 is 11.3 Å². The minimum Gasteiger partial charge on any atom is -0.486 e. The Labute approximate surface area is 209 Å². The van der Waals surface area contributed by atoms with Gasteiger partial charge in [-0.2, -0.15) is 0 Å². The fraction of sp³-hybridized carbons (Fsp3) is 0.500. The Hall–Kier alpha value is -3.07. The maximum Gasteiger partial charge on any atom is 0.317 e. The molecule has 8 nitrogen and oxygen atoms in total. The molecule has 2 aromatic rings. The van der Waals surface area contributed by atoms with E-state index in [9.17, 15) is 9.59 Å². The van der Waals surface area contributed by atoms with E-state index in [0.717, 1.165) is 24.3 Å². The molecule has 5 rings (SSSR count). The monoisotopic (exact) mass is 496 g/mol. The summed E-state index contributed by atoms with van der Waals surface area (Å²) in [6.45, 7) is 3.15. The van der Waals surface area contributed by atoms with Gasteiger partial charge in [0, 0.05) is 42.7 Å². The Bertz CT molecular complexity index is 1090. The maximum absolute atomic E-state index is 12.7. The van der Waals surface area contributed by atoms with Crippen molar-refractivity contribution in [3.63, 3.8) is 0 Å². The molecule has 3 aliphatic rings. The topological polar surface area (TPSA) is 92.8 Å². The minimum atomic E-state index is -0.242. The second-order valence-electron chi connectivity index (χ2n) is 9.23. The number of hydrogen-bond acceptors (Lipinski definition) is 6. The first-order valence-corrected chi connectivity index (χ1v) is 13.4. The van der Waals surface area contributed by atoms with Gasteiger partial charge in [-0.25, -0.2) is 9.78 Å². The second-order valence-corrected chi connectivity index (χ2v) is 10.1. The molecule has 0 unspecified atom stereocenters. The van der Waals surface area contributed by atoms with Gasteiger partial charge in [-0.05, 0) is 57.1 Å². The number of ether oxygens (including phenoxy) is 2. The number of likely N-dealkylation sites (tertiary alicyclic amines) is 1. The van der Waals surface area contributed by atoms with Gasteiger partial charge in [0.15, 0.2) is 11.5 Å². The summed E-state index contributed by atoms with van der Waals surface area (Å²) in [5.41, 5.74) is 2.54. The Morgan fingerprint density at radius 2 is 1.94 bits per heavy atom. The van der Waals surface area contributed by atoms with Crippen molar-refractivity contribution in [2.24, 2.45) is 0 Å². The molecule has 1 fully saturated rings. The molecule has 0 atom stereocenters. The highest BCUT2D eigenvalue weighted by Gasteiger charge is 2.26. The van der Waals surface area contributed by atoms with E-state index in [0.29, 0.717) is 55.7 Å². The van der Waals surface area contributed by atoms with Gasteiger partial charge >= 0.3 is 6.03 Å². The summed E-state index contributed by atoms with van der Waals surface area (Å²) in [6, 6.07) is 5.39. The van der Waals surface area contributed by atoms with Gasteiger partial charge in [0.2, 0.25) is 0 Å². The highest BCUT2D eigenvalue weighted by atomic mass is 32.1. The molecular weight excluding hydrogens is 464 g/mol. The van der Waals surface area contributed by atoms with Crippen molar-refractivity contribution in [2.45, 2.75) is 50.9 Å². The van der Waals surface area contributed by atoms with E-state index in [1.165, 1.54) is 42.6 Å². The first kappa shape index (κ1) is 23.7. The fourth-order valence-electron chi connectivity index (χ4n) is 4.80. The van der Waals surface area contributed by atoms with Crippen LogP contribution in [0.5, 0.6) is 11.5 Å². The summed E-state index contributed by atoms with van der Waals surface area (Å²) in [6.07, 6.45) is 9.91. The van der Waals surface area contributed by atoms with Crippen molar-refractivity contribution >= 4 is 29.0 Å². The van der Waals surface area contributed by atoms with Crippen LogP contribution in [-0.4, -0.2) is 54.7 Å². The molecular formula is C26H32N4O4S. The van der Waals surface area contributed by atoms with Crippen molar-refractivity contribution in [1.29, 1.82) is 0 Å². The van der Waals surface area contributed by atoms with Crippen LogP contribution in [0.3, 0.4) is 0 Å². The van der Waals surface area contributed by atoms with E-state index >= 15 is 0 Å². The Kier molecular flexibility index (Phi) is 7.51. The highest BCUT2D eigenvalue weighted by Crippen LogP contribution is 2.33. The van der Waals surface area contributed by atoms with Gasteiger partial charge in [-0.3, -0.25) is 4.79 Å². The van der Waals surface area contributed by atoms with Gasteiger partial charge in [0.05, 0.1) is 5.01 Å². The zero-order valence-corrected chi connectivity index (χ0v) is 20.7. The zero-order chi connectivity index (χ0) is 24.0. The van der Waals surface area contributed by atoms with Crippen molar-refractivity contribution in [1.82, 2.24) is 15.2 Å². The minimum absolute atomic E-state index is 0.0264. The van der Waals surface area contributed by atoms with Crippen LogP contribution in [0.15, 0.2) is 35.2 Å². The number of carbonyl (C=O) groups excluding carboxylic acids is 2. The third kappa shape index (κ3) is 5.96. The quantitative estimate of drug-likeness (QED) is 0.552. The smallest absolute Gasteiger partial charge is 0.317 e. The fourth-order valence-corrected chi connectivity index (χ4v) is 5.77. The summed E-state index contributed by atoms with van der Waals surface area (Å²) in [5, 5.41) is 8.74. The number of nitrogens with zero attached hydrogens (tertiary/aromatic N) is 2. The number of allylic oxidation sites excluding steroid dienone is 1. The molecule has 1 aromatic carbocycles. The van der Waals surface area contributed by atoms with Crippen LogP contribution < -0.4 is 20.1 Å². The molecule has 0 radical (unpaired) electrons. The number of nitrogens with one attached hydrogen (secondary N) is 2. The number of anilines is 1. The number of benzene rings is 1. The number of amides is 3. The lowest BCUT2D eigenvalue weighted by atomic mass is 9.97. The van der Waals surface area contributed by atoms with Gasteiger partial charge < -0.3 is 25.0 Å². The summed E-state index contributed by atoms with van der Waals surface area (Å²) >= 11 is 1.52. The van der Waals surface area contributed by atoms with E-state index < -0.39 is 0 Å². The first-order chi connectivity index (χ1) is 17.2. The molecule has 0 bridgehead atoms. The zero-order valence-electron chi connectivity index (χ0n) is 19.9. The van der Waals surface area contributed by atoms with Crippen LogP contribution in [0.1, 0.15) is 66.4 Å². The molecule has 1 aliphatic carbocycles. The number of urea groups is 1. The van der Waals surface area contributed by atoms with Crippen molar-refractivity contribution in [3.05, 3.63) is 45.9 Å². The molecule has 2 aliphatic heterocycles. The van der Waals surface area contributed by atoms with E-state index in [1.807, 2.05) is 10.3 Å². The van der Waals surface area contributed by atoms with Crippen molar-refractivity contribution in [3.8, 4) is 11.5 Å². The largest absolute Gasteiger partial charge is 0.486 e. The molecule has 9 heteroatoms. The van der Waals surface area contributed by atoms with Crippen LogP contribution in [-0.2, 0) is 0 Å². The third-order valence-corrected chi connectivity index (χ3v) is 7.80. The number of thiazole rings is 1. The lowest BCUT2D eigenvalue weighted by Crippen LogP contribution is -2.44. The number of aromatic nitrogens is 1. The highest BCUT2D eigenvalue weighted by molar-refractivity contribution is 7.10.